The molecule has 1 saturated heterocycles. The summed E-state index contributed by atoms with van der Waals surface area (Å²) in [6.45, 7) is 15.3. The molecule has 7 rings (SSSR count). The van der Waals surface area contributed by atoms with E-state index in [-0.39, 0.29) is 18.1 Å². The van der Waals surface area contributed by atoms with Crippen LogP contribution in [0.1, 0.15) is 93.9 Å². The number of hydrogen-bond acceptors (Lipinski definition) is 10. The quantitative estimate of drug-likeness (QED) is 0.0409. The van der Waals surface area contributed by atoms with Gasteiger partial charge in [-0.15, -0.1) is 0 Å². The number of carbonyl (C=O) groups is 2. The molecule has 11 nitrogen and oxygen atoms in total. The molecule has 0 bridgehead atoms. The van der Waals surface area contributed by atoms with E-state index in [1.807, 2.05) is 98.8 Å². The molecular formula is C54H61N3O8Si. The van der Waals surface area contributed by atoms with Crippen molar-refractivity contribution < 1.29 is 33.0 Å². The van der Waals surface area contributed by atoms with Gasteiger partial charge in [-0.25, -0.2) is 14.4 Å². The van der Waals surface area contributed by atoms with Crippen molar-refractivity contribution in [1.29, 1.82) is 0 Å². The first-order chi connectivity index (χ1) is 31.6. The zero-order chi connectivity index (χ0) is 47.1. The number of carbonyl (C=O) groups excluding carboxylic acids is 2. The highest BCUT2D eigenvalue weighted by atomic mass is 28.4. The van der Waals surface area contributed by atoms with Crippen LogP contribution in [0, 0.1) is 13.8 Å². The lowest BCUT2D eigenvalue weighted by Crippen LogP contribution is -2.41. The molecule has 1 aliphatic rings. The van der Waals surface area contributed by atoms with Gasteiger partial charge in [0.1, 0.15) is 42.1 Å². The fourth-order valence-corrected chi connectivity index (χ4v) is 8.98. The summed E-state index contributed by atoms with van der Waals surface area (Å²) in [7, 11) is -0.429. The Morgan fingerprint density at radius 2 is 1.32 bits per heavy atom. The number of ether oxygens (including phenoxy) is 4. The topological polar surface area (TPSA) is 127 Å². The molecule has 0 spiro atoms. The molecule has 1 N–H and O–H groups in total. The van der Waals surface area contributed by atoms with Crippen molar-refractivity contribution in [2.24, 2.45) is 0 Å². The predicted octanol–water partition coefficient (Wildman–Crippen LogP) is 10.6. The molecule has 0 unspecified atom stereocenters. The van der Waals surface area contributed by atoms with Crippen LogP contribution < -0.4 is 15.7 Å². The number of nitrogens with one attached hydrogen (secondary N) is 1. The maximum absolute atomic E-state index is 14.6. The molecule has 6 aromatic rings. The van der Waals surface area contributed by atoms with Crippen LogP contribution in [0.5, 0.6) is 5.75 Å². The van der Waals surface area contributed by atoms with E-state index < -0.39 is 49.9 Å². The number of methoxy groups -OCH3 is 1. The van der Waals surface area contributed by atoms with Gasteiger partial charge in [-0.05, 0) is 97.9 Å². The van der Waals surface area contributed by atoms with Gasteiger partial charge in [0.2, 0.25) is 0 Å². The number of esters is 2. The van der Waals surface area contributed by atoms with Gasteiger partial charge in [-0.3, -0.25) is 4.57 Å². The minimum Gasteiger partial charge on any atom is -0.497 e. The third kappa shape index (κ3) is 10.8. The summed E-state index contributed by atoms with van der Waals surface area (Å²) in [5, 5.41) is 3.87. The molecule has 0 amide bonds. The second-order valence-electron chi connectivity index (χ2n) is 18.5. The van der Waals surface area contributed by atoms with Gasteiger partial charge in [-0.1, -0.05) is 129 Å². The van der Waals surface area contributed by atoms with Gasteiger partial charge in [0, 0.05) is 24.8 Å². The van der Waals surface area contributed by atoms with Crippen LogP contribution in [0.15, 0.2) is 144 Å². The summed E-state index contributed by atoms with van der Waals surface area (Å²) in [6.07, 6.45) is 0.396. The largest absolute Gasteiger partial charge is 0.497 e. The number of aryl methyl sites for hydroxylation is 3. The molecule has 2 heterocycles. The number of anilines is 1. The van der Waals surface area contributed by atoms with E-state index in [9.17, 15) is 14.4 Å². The SMILES string of the molecule is COc1ccc(C(Nc2nc(=O)n([C@@H]3C[C@H](OC(=O)c4ccc(C)cc4)[C@@H](COC(=O)c4ccc(C)cc4)O3)cc2CCCO[Si](C)(C)C(C)(C)C)(c2ccccc2)c2ccccc2)cc1. The van der Waals surface area contributed by atoms with E-state index in [2.05, 4.69) is 63.4 Å². The van der Waals surface area contributed by atoms with Crippen LogP contribution in [0.2, 0.25) is 18.1 Å². The molecule has 1 aliphatic heterocycles. The Morgan fingerprint density at radius 3 is 1.86 bits per heavy atom. The Balaban J connectivity index is 1.28. The zero-order valence-electron chi connectivity index (χ0n) is 39.2. The fraction of sp³-hybridized carbons (Fsp3) is 0.333. The summed E-state index contributed by atoms with van der Waals surface area (Å²) in [5.41, 5.74) is 4.68. The number of benzene rings is 5. The van der Waals surface area contributed by atoms with Crippen molar-refractivity contribution in [2.75, 3.05) is 25.6 Å². The maximum Gasteiger partial charge on any atom is 0.351 e. The van der Waals surface area contributed by atoms with Crippen LogP contribution in [-0.4, -0.2) is 62.3 Å². The number of aromatic nitrogens is 2. The third-order valence-electron chi connectivity index (χ3n) is 12.8. The highest BCUT2D eigenvalue weighted by molar-refractivity contribution is 6.74. The van der Waals surface area contributed by atoms with E-state index in [1.54, 1.807) is 37.6 Å². The first-order valence-corrected chi connectivity index (χ1v) is 25.5. The Morgan fingerprint density at radius 1 is 0.773 bits per heavy atom. The standard InChI is InChI=1S/C54H61N3O8Si/c1-37-21-25-39(26-22-37)50(58)62-36-47-46(65-51(59)40-27-23-38(2)24-28-40)34-48(64-47)57-35-41(16-15-33-63-66(7,8)53(3,4)5)49(55-52(57)60)56-54(42-17-11-9-12-18-42,43-19-13-10-14-20-43)44-29-31-45(61-6)32-30-44/h9-14,17-32,35,46-48H,15-16,33-34,36H2,1-8H3,(H,55,56,60)/t46-,47+,48-/m0/s1. The lowest BCUT2D eigenvalue weighted by atomic mass is 9.77. The smallest absolute Gasteiger partial charge is 0.351 e. The molecule has 0 saturated carbocycles. The van der Waals surface area contributed by atoms with E-state index in [0.717, 1.165) is 33.4 Å². The van der Waals surface area contributed by atoms with Crippen LogP contribution in [0.3, 0.4) is 0 Å². The van der Waals surface area contributed by atoms with Crippen molar-refractivity contribution in [3.8, 4) is 5.75 Å². The Bertz CT molecular complexity index is 2590. The van der Waals surface area contributed by atoms with Crippen LogP contribution in [0.25, 0.3) is 0 Å². The monoisotopic (exact) mass is 907 g/mol. The number of rotatable bonds is 17. The molecular weight excluding hydrogens is 847 g/mol. The van der Waals surface area contributed by atoms with Gasteiger partial charge >= 0.3 is 17.6 Å². The van der Waals surface area contributed by atoms with Crippen molar-refractivity contribution in [3.63, 3.8) is 0 Å². The van der Waals surface area contributed by atoms with Gasteiger partial charge < -0.3 is 28.7 Å². The molecule has 5 aromatic carbocycles. The Hall–Kier alpha value is -6.34. The molecule has 66 heavy (non-hydrogen) atoms. The summed E-state index contributed by atoms with van der Waals surface area (Å²) in [6, 6.07) is 42.2. The minimum absolute atomic E-state index is 0.0299. The molecule has 344 valence electrons. The molecule has 12 heteroatoms. The van der Waals surface area contributed by atoms with E-state index in [0.29, 0.717) is 42.1 Å². The summed E-state index contributed by atoms with van der Waals surface area (Å²) < 4.78 is 32.1. The fourth-order valence-electron chi connectivity index (χ4n) is 7.90. The van der Waals surface area contributed by atoms with Gasteiger partial charge in [0.25, 0.3) is 0 Å². The minimum atomic E-state index is -2.07. The second kappa shape index (κ2) is 20.4. The predicted molar refractivity (Wildman–Crippen MR) is 260 cm³/mol. The van der Waals surface area contributed by atoms with Crippen LogP contribution >= 0.6 is 0 Å². The molecule has 0 aliphatic carbocycles. The van der Waals surface area contributed by atoms with Crippen LogP contribution in [0.4, 0.5) is 5.82 Å². The molecule has 1 fully saturated rings. The lowest BCUT2D eigenvalue weighted by molar-refractivity contribution is -0.0582. The number of hydrogen-bond donors (Lipinski definition) is 1. The van der Waals surface area contributed by atoms with Crippen molar-refractivity contribution in [1.82, 2.24) is 9.55 Å². The van der Waals surface area contributed by atoms with Crippen molar-refractivity contribution in [2.45, 2.75) is 96.0 Å². The molecule has 0 radical (unpaired) electrons. The highest BCUT2D eigenvalue weighted by Crippen LogP contribution is 2.42. The highest BCUT2D eigenvalue weighted by Gasteiger charge is 2.42. The summed E-state index contributed by atoms with van der Waals surface area (Å²) >= 11 is 0. The Kier molecular flexibility index (Phi) is 14.8. The van der Waals surface area contributed by atoms with Gasteiger partial charge in [0.15, 0.2) is 8.32 Å². The van der Waals surface area contributed by atoms with Crippen molar-refractivity contribution >= 4 is 26.1 Å². The van der Waals surface area contributed by atoms with Gasteiger partial charge in [0.05, 0.1) is 18.2 Å². The Labute approximate surface area is 389 Å². The average Bonchev–Trinajstić information content (AvgIpc) is 3.71. The summed E-state index contributed by atoms with van der Waals surface area (Å²) in [5.74, 6) is 0.0122. The lowest BCUT2D eigenvalue weighted by Gasteiger charge is -2.38. The van der Waals surface area contributed by atoms with Gasteiger partial charge in [-0.2, -0.15) is 4.98 Å². The van der Waals surface area contributed by atoms with Crippen molar-refractivity contribution in [3.05, 3.63) is 195 Å². The van der Waals surface area contributed by atoms with E-state index >= 15 is 0 Å². The zero-order valence-corrected chi connectivity index (χ0v) is 40.2. The molecule has 3 atom stereocenters. The summed E-state index contributed by atoms with van der Waals surface area (Å²) in [4.78, 5) is 46.2. The first kappa shape index (κ1) is 47.6. The van der Waals surface area contributed by atoms with Crippen LogP contribution in [-0.2, 0) is 30.6 Å². The van der Waals surface area contributed by atoms with E-state index in [4.69, 9.17) is 28.4 Å². The second-order valence-corrected chi connectivity index (χ2v) is 23.3. The normalized spacial score (nSPS) is 16.4. The third-order valence-corrected chi connectivity index (χ3v) is 17.4. The average molecular weight is 908 g/mol. The molecule has 1 aromatic heterocycles. The van der Waals surface area contributed by atoms with E-state index in [1.165, 1.54) is 4.57 Å². The first-order valence-electron chi connectivity index (χ1n) is 22.5. The maximum atomic E-state index is 14.6. The number of nitrogens with zero attached hydrogens (tertiary/aromatic N) is 2.